The predicted octanol–water partition coefficient (Wildman–Crippen LogP) is 1.63. The lowest BCUT2D eigenvalue weighted by molar-refractivity contribution is -0.138. The summed E-state index contributed by atoms with van der Waals surface area (Å²) in [4.78, 5) is 11.2. The van der Waals surface area contributed by atoms with Crippen LogP contribution in [0.5, 0.6) is 0 Å². The van der Waals surface area contributed by atoms with Gasteiger partial charge in [-0.3, -0.25) is 0 Å². The maximum absolute atomic E-state index is 12.5. The van der Waals surface area contributed by atoms with Crippen molar-refractivity contribution < 1.29 is 27.8 Å². The molecular formula is C9H10F3NO3. The van der Waals surface area contributed by atoms with Crippen LogP contribution in [0.15, 0.2) is 12.4 Å². The highest BCUT2D eigenvalue weighted by molar-refractivity contribution is 5.91. The minimum Gasteiger partial charge on any atom is -0.462 e. The van der Waals surface area contributed by atoms with E-state index >= 15 is 0 Å². The molecule has 1 N–H and O–H groups in total. The molecule has 7 heteroatoms. The molecule has 0 saturated carbocycles. The third-order valence-corrected chi connectivity index (χ3v) is 1.84. The number of aliphatic hydroxyl groups excluding tert-OH is 1. The fourth-order valence-corrected chi connectivity index (χ4v) is 1.19. The fraction of sp³-hybridized carbons (Fsp3) is 0.444. The molecule has 0 aliphatic carbocycles. The number of nitrogens with zero attached hydrogens (tertiary/aromatic N) is 1. The molecular weight excluding hydrogens is 227 g/mol. The van der Waals surface area contributed by atoms with E-state index in [2.05, 4.69) is 4.74 Å². The summed E-state index contributed by atoms with van der Waals surface area (Å²) in [6.45, 7) is 0.844. The molecule has 1 aromatic heterocycles. The van der Waals surface area contributed by atoms with Crippen LogP contribution in [0.3, 0.4) is 0 Å². The van der Waals surface area contributed by atoms with Crippen LogP contribution < -0.4 is 0 Å². The maximum atomic E-state index is 12.5. The molecule has 0 unspecified atom stereocenters. The van der Waals surface area contributed by atoms with Gasteiger partial charge in [-0.05, 0) is 6.92 Å². The zero-order chi connectivity index (χ0) is 12.3. The highest BCUT2D eigenvalue weighted by atomic mass is 19.4. The number of hydrogen-bond donors (Lipinski definition) is 1. The Morgan fingerprint density at radius 1 is 1.50 bits per heavy atom. The molecule has 1 rings (SSSR count). The minimum atomic E-state index is -4.65. The first-order valence-corrected chi connectivity index (χ1v) is 4.45. The quantitative estimate of drug-likeness (QED) is 0.813. The molecule has 0 amide bonds. The van der Waals surface area contributed by atoms with Crippen molar-refractivity contribution in [3.05, 3.63) is 23.5 Å². The average molecular weight is 237 g/mol. The molecule has 0 bridgehead atoms. The zero-order valence-electron chi connectivity index (χ0n) is 8.41. The monoisotopic (exact) mass is 237 g/mol. The number of aromatic nitrogens is 1. The number of ether oxygens (including phenoxy) is 1. The van der Waals surface area contributed by atoms with Crippen molar-refractivity contribution in [3.63, 3.8) is 0 Å². The number of aliphatic hydroxyl groups is 1. The summed E-state index contributed by atoms with van der Waals surface area (Å²) in [5, 5.41) is 8.70. The highest BCUT2D eigenvalue weighted by Crippen LogP contribution is 2.32. The molecule has 0 spiro atoms. The molecule has 0 radical (unpaired) electrons. The SMILES string of the molecule is CCOC(=O)c1cn(CO)cc1C(F)(F)F. The lowest BCUT2D eigenvalue weighted by atomic mass is 10.2. The Bertz CT molecular complexity index is 384. The first-order chi connectivity index (χ1) is 7.40. The average Bonchev–Trinajstić information content (AvgIpc) is 2.61. The van der Waals surface area contributed by atoms with Crippen molar-refractivity contribution in [2.45, 2.75) is 19.8 Å². The van der Waals surface area contributed by atoms with Gasteiger partial charge in [0.05, 0.1) is 17.7 Å². The molecule has 1 aromatic rings. The van der Waals surface area contributed by atoms with E-state index < -0.39 is 30.0 Å². The molecule has 0 fully saturated rings. The van der Waals surface area contributed by atoms with E-state index in [1.165, 1.54) is 6.92 Å². The topological polar surface area (TPSA) is 51.5 Å². The van der Waals surface area contributed by atoms with E-state index in [0.29, 0.717) is 6.20 Å². The maximum Gasteiger partial charge on any atom is 0.418 e. The van der Waals surface area contributed by atoms with Gasteiger partial charge in [0.1, 0.15) is 6.73 Å². The van der Waals surface area contributed by atoms with Crippen LogP contribution in [0, 0.1) is 0 Å². The number of carbonyl (C=O) groups is 1. The summed E-state index contributed by atoms with van der Waals surface area (Å²) < 4.78 is 42.8. The van der Waals surface area contributed by atoms with Crippen LogP contribution in [-0.4, -0.2) is 22.2 Å². The Morgan fingerprint density at radius 3 is 2.56 bits per heavy atom. The van der Waals surface area contributed by atoms with Crippen LogP contribution in [0.2, 0.25) is 0 Å². The Morgan fingerprint density at radius 2 is 2.12 bits per heavy atom. The zero-order valence-corrected chi connectivity index (χ0v) is 8.41. The van der Waals surface area contributed by atoms with Gasteiger partial charge < -0.3 is 14.4 Å². The van der Waals surface area contributed by atoms with Gasteiger partial charge in [-0.2, -0.15) is 13.2 Å². The van der Waals surface area contributed by atoms with E-state index in [9.17, 15) is 18.0 Å². The Kier molecular flexibility index (Phi) is 3.58. The van der Waals surface area contributed by atoms with Crippen molar-refractivity contribution in [2.75, 3.05) is 6.61 Å². The molecule has 16 heavy (non-hydrogen) atoms. The third-order valence-electron chi connectivity index (χ3n) is 1.84. The molecule has 0 aliphatic heterocycles. The number of rotatable bonds is 3. The second-order valence-corrected chi connectivity index (χ2v) is 2.96. The van der Waals surface area contributed by atoms with Crippen molar-refractivity contribution in [1.29, 1.82) is 0 Å². The summed E-state index contributed by atoms with van der Waals surface area (Å²) in [5.41, 5.74) is -1.71. The van der Waals surface area contributed by atoms with Crippen molar-refractivity contribution >= 4 is 5.97 Å². The smallest absolute Gasteiger partial charge is 0.418 e. The summed E-state index contributed by atoms with van der Waals surface area (Å²) in [6, 6.07) is 0. The second-order valence-electron chi connectivity index (χ2n) is 2.96. The van der Waals surface area contributed by atoms with Crippen LogP contribution in [-0.2, 0) is 17.6 Å². The van der Waals surface area contributed by atoms with Crippen LogP contribution in [0.25, 0.3) is 0 Å². The largest absolute Gasteiger partial charge is 0.462 e. The van der Waals surface area contributed by atoms with Gasteiger partial charge in [-0.15, -0.1) is 0 Å². The molecule has 0 atom stereocenters. The van der Waals surface area contributed by atoms with Crippen LogP contribution in [0.4, 0.5) is 13.2 Å². The van der Waals surface area contributed by atoms with E-state index in [1.54, 1.807) is 0 Å². The highest BCUT2D eigenvalue weighted by Gasteiger charge is 2.37. The molecule has 90 valence electrons. The molecule has 0 aromatic carbocycles. The molecule has 0 aliphatic rings. The Hall–Kier alpha value is -1.50. The van der Waals surface area contributed by atoms with E-state index in [0.717, 1.165) is 10.8 Å². The van der Waals surface area contributed by atoms with Crippen molar-refractivity contribution in [3.8, 4) is 0 Å². The van der Waals surface area contributed by atoms with Crippen molar-refractivity contribution in [1.82, 2.24) is 4.57 Å². The Labute approximate surface area is 89.2 Å². The first kappa shape index (κ1) is 12.6. The van der Waals surface area contributed by atoms with Crippen LogP contribution in [0.1, 0.15) is 22.8 Å². The van der Waals surface area contributed by atoms with Gasteiger partial charge in [-0.25, -0.2) is 4.79 Å². The Balaban J connectivity index is 3.15. The molecule has 0 saturated heterocycles. The first-order valence-electron chi connectivity index (χ1n) is 4.45. The van der Waals surface area contributed by atoms with E-state index in [4.69, 9.17) is 5.11 Å². The van der Waals surface area contributed by atoms with E-state index in [1.807, 2.05) is 0 Å². The predicted molar refractivity (Wildman–Crippen MR) is 47.6 cm³/mol. The van der Waals surface area contributed by atoms with Gasteiger partial charge in [0.15, 0.2) is 0 Å². The lowest BCUT2D eigenvalue weighted by Gasteiger charge is -2.06. The number of carbonyl (C=O) groups excluding carboxylic acids is 1. The van der Waals surface area contributed by atoms with Crippen LogP contribution >= 0.6 is 0 Å². The third kappa shape index (κ3) is 2.54. The second kappa shape index (κ2) is 4.56. The fourth-order valence-electron chi connectivity index (χ4n) is 1.19. The number of esters is 1. The number of halogens is 3. The van der Waals surface area contributed by atoms with Crippen molar-refractivity contribution in [2.24, 2.45) is 0 Å². The normalized spacial score (nSPS) is 11.6. The summed E-state index contributed by atoms with van der Waals surface area (Å²) in [7, 11) is 0. The number of hydrogen-bond acceptors (Lipinski definition) is 3. The molecule has 4 nitrogen and oxygen atoms in total. The minimum absolute atomic E-state index is 0.0135. The lowest BCUT2D eigenvalue weighted by Crippen LogP contribution is -2.12. The standard InChI is InChI=1S/C9H10F3NO3/c1-2-16-8(15)6-3-13(5-14)4-7(6)9(10,11)12/h3-4,14H,2,5H2,1H3. The van der Waals surface area contributed by atoms with Gasteiger partial charge >= 0.3 is 12.1 Å². The summed E-state index contributed by atoms with van der Waals surface area (Å²) in [5.74, 6) is -1.05. The van der Waals surface area contributed by atoms with Gasteiger partial charge in [-0.1, -0.05) is 0 Å². The van der Waals surface area contributed by atoms with Gasteiger partial charge in [0, 0.05) is 12.4 Å². The molecule has 1 heterocycles. The van der Waals surface area contributed by atoms with E-state index in [-0.39, 0.29) is 6.61 Å². The summed E-state index contributed by atoms with van der Waals surface area (Å²) in [6.07, 6.45) is -3.09. The van der Waals surface area contributed by atoms with Gasteiger partial charge in [0.25, 0.3) is 0 Å². The summed E-state index contributed by atoms with van der Waals surface area (Å²) >= 11 is 0. The van der Waals surface area contributed by atoms with Gasteiger partial charge in [0.2, 0.25) is 0 Å². The number of alkyl halides is 3.